The van der Waals surface area contributed by atoms with Gasteiger partial charge in [0.25, 0.3) is 11.1 Å². The molecule has 13 heterocycles. The van der Waals surface area contributed by atoms with Gasteiger partial charge in [0.15, 0.2) is 29.5 Å². The number of nitrogens with one attached hydrogen (secondary N) is 10. The van der Waals surface area contributed by atoms with Gasteiger partial charge >= 0.3 is 11.4 Å². The number of fused-ring (bicyclic) bond motifs is 3. The summed E-state index contributed by atoms with van der Waals surface area (Å²) in [5.41, 5.74) is 18.4. The van der Waals surface area contributed by atoms with Gasteiger partial charge in [-0.3, -0.25) is 38.9 Å². The summed E-state index contributed by atoms with van der Waals surface area (Å²) in [6.45, 7) is 40.7. The van der Waals surface area contributed by atoms with E-state index in [1.165, 1.54) is 45.6 Å². The van der Waals surface area contributed by atoms with Crippen LogP contribution in [0.3, 0.4) is 0 Å². The number of hydrogen-bond acceptors (Lipinski definition) is 20. The molecule has 0 saturated carbocycles. The molecule has 0 amide bonds. The highest BCUT2D eigenvalue weighted by atomic mass is 16.2. The van der Waals surface area contributed by atoms with E-state index in [2.05, 4.69) is 251 Å². The van der Waals surface area contributed by atoms with E-state index in [0.29, 0.717) is 29.7 Å². The highest BCUT2D eigenvalue weighted by Crippen LogP contribution is 2.34. The molecule has 29 heteroatoms. The van der Waals surface area contributed by atoms with E-state index in [0.717, 1.165) is 195 Å². The molecule has 3 saturated heterocycles. The minimum atomic E-state index is -0.668. The zero-order valence-corrected chi connectivity index (χ0v) is 66.8. The zero-order valence-electron chi connectivity index (χ0n) is 66.8. The Hall–Kier alpha value is -12.1. The molecule has 3 aliphatic heterocycles. The summed E-state index contributed by atoms with van der Waals surface area (Å²) in [4.78, 5) is 139. The highest BCUT2D eigenvalue weighted by molar-refractivity contribution is 5.90. The van der Waals surface area contributed by atoms with Crippen LogP contribution in [0.15, 0.2) is 141 Å². The number of benzene rings is 3. The third kappa shape index (κ3) is 19.8. The predicted octanol–water partition coefficient (Wildman–Crippen LogP) is 10.8. The Morgan fingerprint density at radius 1 is 0.407 bits per heavy atom. The number of pyridine rings is 3. The molecule has 3 fully saturated rings. The van der Waals surface area contributed by atoms with Crippen molar-refractivity contribution in [2.75, 3.05) is 93.2 Å². The lowest BCUT2D eigenvalue weighted by Crippen LogP contribution is -2.46. The Kier molecular flexibility index (Phi) is 25.0. The number of aryl methyl sites for hydroxylation is 4. The number of nitrogens with zero attached hydrogens (tertiary/aromatic N) is 13. The molecule has 3 aromatic carbocycles. The van der Waals surface area contributed by atoms with Gasteiger partial charge in [0.1, 0.15) is 51.4 Å². The molecule has 10 N–H and O–H groups in total. The molecule has 590 valence electrons. The van der Waals surface area contributed by atoms with E-state index in [1.807, 2.05) is 37.3 Å². The molecule has 0 radical (unpaired) electrons. The Morgan fingerprint density at radius 3 is 1.14 bits per heavy atom. The van der Waals surface area contributed by atoms with Gasteiger partial charge < -0.3 is 54.9 Å². The average molecular weight is 1530 g/mol. The minimum absolute atomic E-state index is 0.0837. The fraction of sp³-hybridized carbons (Fsp3) is 0.381. The van der Waals surface area contributed by atoms with Crippen LogP contribution >= 0.6 is 0 Å². The predicted molar refractivity (Wildman–Crippen MR) is 446 cm³/mol. The van der Waals surface area contributed by atoms with Crippen LogP contribution in [-0.4, -0.2) is 186 Å². The molecule has 0 unspecified atom stereocenters. The van der Waals surface area contributed by atoms with Crippen molar-refractivity contribution in [3.05, 3.63) is 226 Å². The Labute approximate surface area is 654 Å². The first-order valence-electron chi connectivity index (χ1n) is 38.5. The smallest absolute Gasteiger partial charge is 0.325 e. The number of aromatic nitrogens is 17. The average Bonchev–Trinajstić information content (AvgIpc) is 1.65. The normalized spacial score (nSPS) is 14.4. The van der Waals surface area contributed by atoms with Crippen LogP contribution in [0.25, 0.3) is 67.7 Å². The third-order valence-corrected chi connectivity index (χ3v) is 20.5. The molecule has 0 aliphatic carbocycles. The van der Waals surface area contributed by atoms with Gasteiger partial charge in [-0.2, -0.15) is 0 Å². The molecule has 29 nitrogen and oxygen atoms in total. The summed E-state index contributed by atoms with van der Waals surface area (Å²) in [6.07, 6.45) is 11.0. The van der Waals surface area contributed by atoms with Crippen LogP contribution < -0.4 is 42.5 Å². The van der Waals surface area contributed by atoms with Crippen molar-refractivity contribution < 1.29 is 9.59 Å². The molecule has 0 bridgehead atoms. The molecule has 113 heavy (non-hydrogen) atoms. The quantitative estimate of drug-likeness (QED) is 0.0452. The lowest BCUT2D eigenvalue weighted by atomic mass is 9.87. The first-order chi connectivity index (χ1) is 54.1. The number of imidazole rings is 5. The van der Waals surface area contributed by atoms with Crippen molar-refractivity contribution in [2.45, 2.75) is 132 Å². The van der Waals surface area contributed by atoms with E-state index in [1.54, 1.807) is 6.20 Å². The molecular formula is C84H103N23O6. The Morgan fingerprint density at radius 2 is 0.788 bits per heavy atom. The summed E-state index contributed by atoms with van der Waals surface area (Å²) in [5, 5.41) is 3.40. The van der Waals surface area contributed by atoms with Gasteiger partial charge in [-0.05, 0) is 65.0 Å². The van der Waals surface area contributed by atoms with Gasteiger partial charge in [0.2, 0.25) is 0 Å². The molecule has 3 aliphatic rings. The highest BCUT2D eigenvalue weighted by Gasteiger charge is 2.26. The summed E-state index contributed by atoms with van der Waals surface area (Å²) in [5.74, 6) is 4.51. The van der Waals surface area contributed by atoms with Gasteiger partial charge in [0, 0.05) is 169 Å². The fourth-order valence-electron chi connectivity index (χ4n) is 13.7. The summed E-state index contributed by atoms with van der Waals surface area (Å²) in [6, 6.07) is 32.1. The van der Waals surface area contributed by atoms with Crippen LogP contribution in [0.4, 0.5) is 17.1 Å². The van der Waals surface area contributed by atoms with Crippen molar-refractivity contribution in [2.24, 2.45) is 0 Å². The van der Waals surface area contributed by atoms with Crippen LogP contribution in [0.5, 0.6) is 0 Å². The van der Waals surface area contributed by atoms with Crippen molar-refractivity contribution in [3.63, 3.8) is 0 Å². The molecule has 16 rings (SSSR count). The number of hydrogen-bond donors (Lipinski definition) is 10. The number of carbonyl (C=O) groups is 2. The lowest BCUT2D eigenvalue weighted by Gasteiger charge is -2.36. The summed E-state index contributed by atoms with van der Waals surface area (Å²) in [7, 11) is 0. The number of aldehydes is 2. The maximum atomic E-state index is 12.0. The number of piperazine rings is 3. The van der Waals surface area contributed by atoms with E-state index in [9.17, 15) is 28.8 Å². The van der Waals surface area contributed by atoms with Gasteiger partial charge in [0.05, 0.1) is 28.3 Å². The third-order valence-electron chi connectivity index (χ3n) is 20.5. The van der Waals surface area contributed by atoms with Crippen LogP contribution in [-0.2, 0) is 42.2 Å². The summed E-state index contributed by atoms with van der Waals surface area (Å²) >= 11 is 0. The van der Waals surface area contributed by atoms with Crippen molar-refractivity contribution >= 4 is 63.1 Å². The van der Waals surface area contributed by atoms with Crippen LogP contribution in [0.1, 0.15) is 148 Å². The lowest BCUT2D eigenvalue weighted by molar-refractivity contribution is 0.111. The second-order valence-electron chi connectivity index (χ2n) is 31.6. The molecule has 0 atom stereocenters. The Bertz CT molecular complexity index is 5640. The van der Waals surface area contributed by atoms with Crippen LogP contribution in [0.2, 0.25) is 0 Å². The van der Waals surface area contributed by atoms with E-state index < -0.39 is 16.9 Å². The first-order valence-corrected chi connectivity index (χ1v) is 38.5. The molecular weight excluding hydrogens is 1430 g/mol. The second kappa shape index (κ2) is 35.1. The number of carbonyl (C=O) groups excluding carboxylic acids is 2. The molecule has 0 spiro atoms. The topological polar surface area (TPSA) is 376 Å². The largest absolute Gasteiger partial charge is 0.367 e. The maximum absolute atomic E-state index is 12.0. The minimum Gasteiger partial charge on any atom is -0.367 e. The fourth-order valence-corrected chi connectivity index (χ4v) is 13.7. The van der Waals surface area contributed by atoms with Crippen molar-refractivity contribution in [1.82, 2.24) is 99.8 Å². The summed E-state index contributed by atoms with van der Waals surface area (Å²) < 4.78 is 0. The van der Waals surface area contributed by atoms with E-state index >= 15 is 0 Å². The van der Waals surface area contributed by atoms with Crippen molar-refractivity contribution in [1.29, 1.82) is 0 Å². The zero-order chi connectivity index (χ0) is 80.3. The standard InChI is InChI=1S/C27H35N7.C25H29N7O2.C20H25N5.C7H10N2O.C5H4N2O3/c1-6-23-29-18(2)21(30-23)17-33-13-15-34(16-14-33)22-11-12-28-26-24(22)31-25(32-26)19-7-9-20(10-8-19)27(3,4)5;1-25(2,3)18-6-4-16(5-7-18)21-28-20-19(8-9-26-22(20)29-21)32-12-10-31(11-13-32)15-17-14-27-24(34)30-23(17)33;1-20(2,3)15-6-4-14(5-7-15)18-23-17-16(8-9-22-19(17)24-18)25-12-10-21-11-13-25;1-3-7-8-5(2)6(4-10)9-7;8-2-3-1-6-5(10)7-4(3)9/h7-12H,6,13-17H2,1-5H3,(H,29,30)(H,28,31,32);4-9,14H,10-13,15H2,1-3H3,(H,26,28,29)(H2,27,30,33,34);4-9,21H,10-13H2,1-3H3,(H,22,23,24);4H,3H2,1-2H3,(H,8,9);1-2H,(H2,6,7,9,10). The van der Waals surface area contributed by atoms with E-state index in [-0.39, 0.29) is 27.4 Å². The molecule has 10 aromatic heterocycles. The van der Waals surface area contributed by atoms with E-state index in [4.69, 9.17) is 19.9 Å². The Balaban J connectivity index is 0.000000141. The van der Waals surface area contributed by atoms with Gasteiger partial charge in [-0.25, -0.2) is 49.5 Å². The van der Waals surface area contributed by atoms with Crippen molar-refractivity contribution in [3.8, 4) is 34.2 Å². The van der Waals surface area contributed by atoms with Gasteiger partial charge in [-0.15, -0.1) is 0 Å². The van der Waals surface area contributed by atoms with Gasteiger partial charge in [-0.1, -0.05) is 149 Å². The van der Waals surface area contributed by atoms with Crippen LogP contribution in [0, 0.1) is 13.8 Å². The monoisotopic (exact) mass is 1530 g/mol. The SMILES string of the molecule is CC(C)(C)c1ccc(-c2nc3nccc(N4CCN(Cc5c[nH]c(=O)[nH]c5=O)CC4)c3[nH]2)cc1.CC(C)(C)c1ccc(-c2nc3nccc(N4CCNCC4)c3[nH]2)cc1.CCc1nc(C=O)c(C)[nH]1.CCc1nc(CN2CCN(c3ccnc4nc(-c5ccc(C(C)(C)C)cc5)[nH]c34)CC2)c(C)[nH]1.O=Cc1c[nH]c(=O)[nH]c1=O. The number of rotatable bonds is 14. The second-order valence-corrected chi connectivity index (χ2v) is 31.6. The molecule has 13 aromatic rings. The maximum Gasteiger partial charge on any atom is 0.325 e. The number of anilines is 3. The number of aromatic amines is 9. The number of H-pyrrole nitrogens is 9. The first kappa shape index (κ1) is 80.4.